The minimum atomic E-state index is -1.02. The van der Waals surface area contributed by atoms with Gasteiger partial charge in [0.2, 0.25) is 5.91 Å². The molecule has 0 unspecified atom stereocenters. The van der Waals surface area contributed by atoms with Crippen LogP contribution in [0.3, 0.4) is 0 Å². The van der Waals surface area contributed by atoms with Crippen LogP contribution in [-0.4, -0.2) is 49.8 Å². The molecule has 2 aromatic rings. The molecule has 0 aliphatic heterocycles. The summed E-state index contributed by atoms with van der Waals surface area (Å²) >= 11 is 0. The first-order chi connectivity index (χ1) is 13.4. The lowest BCUT2D eigenvalue weighted by atomic mass is 10.1. The number of ether oxygens (including phenoxy) is 3. The number of aliphatic carboxylic acids is 1. The Balaban J connectivity index is 1.88. The minimum absolute atomic E-state index is 0.0213. The van der Waals surface area contributed by atoms with E-state index in [2.05, 4.69) is 0 Å². The predicted molar refractivity (Wildman–Crippen MR) is 104 cm³/mol. The average molecular weight is 387 g/mol. The van der Waals surface area contributed by atoms with Crippen molar-refractivity contribution in [1.29, 1.82) is 0 Å². The van der Waals surface area contributed by atoms with Crippen LogP contribution >= 0.6 is 0 Å². The summed E-state index contributed by atoms with van der Waals surface area (Å²) < 4.78 is 15.6. The Morgan fingerprint density at radius 3 is 2.07 bits per heavy atom. The molecule has 1 amide bonds. The van der Waals surface area contributed by atoms with Crippen LogP contribution < -0.4 is 14.2 Å². The van der Waals surface area contributed by atoms with Crippen LogP contribution in [0.2, 0.25) is 0 Å². The molecule has 2 aromatic carbocycles. The quantitative estimate of drug-likeness (QED) is 0.675. The molecule has 0 saturated heterocycles. The molecule has 2 rings (SSSR count). The highest BCUT2D eigenvalue weighted by Gasteiger charge is 2.11. The monoisotopic (exact) mass is 387 g/mol. The van der Waals surface area contributed by atoms with E-state index in [0.29, 0.717) is 36.6 Å². The molecular formula is C21H25NO6. The number of aryl methyl sites for hydroxylation is 1. The van der Waals surface area contributed by atoms with Gasteiger partial charge in [0.1, 0.15) is 17.2 Å². The molecule has 0 heterocycles. The highest BCUT2D eigenvalue weighted by molar-refractivity contribution is 5.76. The zero-order chi connectivity index (χ0) is 20.5. The van der Waals surface area contributed by atoms with Crippen LogP contribution in [0.25, 0.3) is 0 Å². The summed E-state index contributed by atoms with van der Waals surface area (Å²) in [4.78, 5) is 24.6. The van der Waals surface area contributed by atoms with Crippen molar-refractivity contribution in [2.45, 2.75) is 19.4 Å². The smallest absolute Gasteiger partial charge is 0.341 e. The SMILES string of the molecule is COc1cc(CCC(=O)N(C)Cc2ccc(OCC(=O)O)cc2)cc(OC)c1. The standard InChI is InChI=1S/C21H25NO6/c1-22(13-15-4-7-17(8-5-15)28-14-21(24)25)20(23)9-6-16-10-18(26-2)12-19(11-16)27-3/h4-5,7-8,10-12H,6,9,13-14H2,1-3H3,(H,24,25). The van der Waals surface area contributed by atoms with Gasteiger partial charge in [0.25, 0.3) is 0 Å². The van der Waals surface area contributed by atoms with Gasteiger partial charge in [-0.1, -0.05) is 12.1 Å². The normalized spacial score (nSPS) is 10.2. The van der Waals surface area contributed by atoms with Gasteiger partial charge in [0.15, 0.2) is 6.61 Å². The summed E-state index contributed by atoms with van der Waals surface area (Å²) in [5.41, 5.74) is 1.90. The molecule has 1 N–H and O–H groups in total. The zero-order valence-electron chi connectivity index (χ0n) is 16.3. The number of benzene rings is 2. The van der Waals surface area contributed by atoms with E-state index in [9.17, 15) is 9.59 Å². The number of amides is 1. The molecule has 0 aromatic heterocycles. The van der Waals surface area contributed by atoms with E-state index < -0.39 is 5.97 Å². The Bertz CT molecular complexity index is 781. The fourth-order valence-corrected chi connectivity index (χ4v) is 2.65. The Kier molecular flexibility index (Phi) is 7.68. The maximum absolute atomic E-state index is 12.4. The third-order valence-corrected chi connectivity index (χ3v) is 4.17. The molecule has 0 saturated carbocycles. The Morgan fingerprint density at radius 1 is 0.929 bits per heavy atom. The molecule has 0 aliphatic rings. The van der Waals surface area contributed by atoms with Crippen molar-refractivity contribution in [1.82, 2.24) is 4.90 Å². The van der Waals surface area contributed by atoms with Gasteiger partial charge in [0.05, 0.1) is 14.2 Å². The number of carboxylic acids is 1. The molecule has 0 atom stereocenters. The third-order valence-electron chi connectivity index (χ3n) is 4.17. The van der Waals surface area contributed by atoms with Crippen molar-refractivity contribution in [3.63, 3.8) is 0 Å². The summed E-state index contributed by atoms with van der Waals surface area (Å²) in [5, 5.41) is 8.62. The summed E-state index contributed by atoms with van der Waals surface area (Å²) in [7, 11) is 4.94. The third kappa shape index (κ3) is 6.50. The summed E-state index contributed by atoms with van der Waals surface area (Å²) in [6, 6.07) is 12.6. The second-order valence-corrected chi connectivity index (χ2v) is 6.30. The van der Waals surface area contributed by atoms with Crippen LogP contribution in [0.5, 0.6) is 17.2 Å². The van der Waals surface area contributed by atoms with Crippen LogP contribution in [0, 0.1) is 0 Å². The fourth-order valence-electron chi connectivity index (χ4n) is 2.65. The Hall–Kier alpha value is -3.22. The number of carbonyl (C=O) groups is 2. The molecule has 0 spiro atoms. The molecule has 150 valence electrons. The molecule has 7 nitrogen and oxygen atoms in total. The van der Waals surface area contributed by atoms with E-state index in [1.807, 2.05) is 24.3 Å². The molecule has 0 aliphatic carbocycles. The van der Waals surface area contributed by atoms with E-state index in [0.717, 1.165) is 11.1 Å². The fraction of sp³-hybridized carbons (Fsp3) is 0.333. The highest BCUT2D eigenvalue weighted by Crippen LogP contribution is 2.23. The molecular weight excluding hydrogens is 362 g/mol. The maximum atomic E-state index is 12.4. The second-order valence-electron chi connectivity index (χ2n) is 6.30. The van der Waals surface area contributed by atoms with Gasteiger partial charge in [-0.2, -0.15) is 0 Å². The van der Waals surface area contributed by atoms with E-state index >= 15 is 0 Å². The first-order valence-corrected chi connectivity index (χ1v) is 8.80. The summed E-state index contributed by atoms with van der Waals surface area (Å²) in [5.74, 6) is 0.865. The summed E-state index contributed by atoms with van der Waals surface area (Å²) in [6.45, 7) is 0.0757. The van der Waals surface area contributed by atoms with E-state index in [1.54, 1.807) is 44.4 Å². The number of nitrogens with zero attached hydrogens (tertiary/aromatic N) is 1. The number of carboxylic acid groups (broad SMARTS) is 1. The van der Waals surface area contributed by atoms with Gasteiger partial charge in [0, 0.05) is 26.1 Å². The van der Waals surface area contributed by atoms with Crippen molar-refractivity contribution in [3.05, 3.63) is 53.6 Å². The number of rotatable bonds is 10. The van der Waals surface area contributed by atoms with Crippen molar-refractivity contribution in [3.8, 4) is 17.2 Å². The first-order valence-electron chi connectivity index (χ1n) is 8.80. The van der Waals surface area contributed by atoms with Gasteiger partial charge >= 0.3 is 5.97 Å². The van der Waals surface area contributed by atoms with Gasteiger partial charge in [-0.15, -0.1) is 0 Å². The molecule has 0 fully saturated rings. The first kappa shape index (κ1) is 21.1. The maximum Gasteiger partial charge on any atom is 0.341 e. The van der Waals surface area contributed by atoms with E-state index in [4.69, 9.17) is 19.3 Å². The molecule has 0 radical (unpaired) electrons. The van der Waals surface area contributed by atoms with Crippen molar-refractivity contribution >= 4 is 11.9 Å². The largest absolute Gasteiger partial charge is 0.497 e. The van der Waals surface area contributed by atoms with Gasteiger partial charge in [-0.3, -0.25) is 4.79 Å². The summed E-state index contributed by atoms with van der Waals surface area (Å²) in [6.07, 6.45) is 0.950. The topological polar surface area (TPSA) is 85.3 Å². The van der Waals surface area contributed by atoms with Gasteiger partial charge < -0.3 is 24.2 Å². The average Bonchev–Trinajstić information content (AvgIpc) is 2.70. The zero-order valence-corrected chi connectivity index (χ0v) is 16.3. The lowest BCUT2D eigenvalue weighted by Crippen LogP contribution is -2.26. The van der Waals surface area contributed by atoms with E-state index in [-0.39, 0.29) is 12.5 Å². The number of hydrogen-bond acceptors (Lipinski definition) is 5. The predicted octanol–water partition coefficient (Wildman–Crippen LogP) is 2.76. The Morgan fingerprint density at radius 2 is 1.54 bits per heavy atom. The Labute approximate surface area is 164 Å². The number of methoxy groups -OCH3 is 2. The van der Waals surface area contributed by atoms with E-state index in [1.165, 1.54) is 0 Å². The van der Waals surface area contributed by atoms with Crippen molar-refractivity contribution in [2.75, 3.05) is 27.9 Å². The molecule has 28 heavy (non-hydrogen) atoms. The van der Waals surface area contributed by atoms with Crippen LogP contribution in [0.1, 0.15) is 17.5 Å². The lowest BCUT2D eigenvalue weighted by molar-refractivity contribution is -0.139. The lowest BCUT2D eigenvalue weighted by Gasteiger charge is -2.18. The highest BCUT2D eigenvalue weighted by atomic mass is 16.5. The van der Waals surface area contributed by atoms with Gasteiger partial charge in [-0.25, -0.2) is 4.79 Å². The minimum Gasteiger partial charge on any atom is -0.497 e. The number of carbonyl (C=O) groups excluding carboxylic acids is 1. The number of hydrogen-bond donors (Lipinski definition) is 1. The van der Waals surface area contributed by atoms with Crippen LogP contribution in [0.4, 0.5) is 0 Å². The van der Waals surface area contributed by atoms with Crippen LogP contribution in [0.15, 0.2) is 42.5 Å². The van der Waals surface area contributed by atoms with Crippen molar-refractivity contribution in [2.24, 2.45) is 0 Å². The van der Waals surface area contributed by atoms with Crippen LogP contribution in [-0.2, 0) is 22.6 Å². The van der Waals surface area contributed by atoms with Gasteiger partial charge in [-0.05, 0) is 41.8 Å². The second kappa shape index (κ2) is 10.2. The molecule has 7 heteroatoms. The van der Waals surface area contributed by atoms with Crippen molar-refractivity contribution < 1.29 is 28.9 Å². The molecule has 0 bridgehead atoms.